The van der Waals surface area contributed by atoms with Gasteiger partial charge in [-0.05, 0) is 66.9 Å². The number of likely N-dealkylation sites (N-methyl/N-ethyl adjacent to an activating group) is 1. The van der Waals surface area contributed by atoms with Crippen LogP contribution in [0.1, 0.15) is 25.3 Å². The summed E-state index contributed by atoms with van der Waals surface area (Å²) in [6, 6.07) is 10.6. The maximum absolute atomic E-state index is 12.4. The van der Waals surface area contributed by atoms with Gasteiger partial charge in [0.05, 0.1) is 29.8 Å². The lowest BCUT2D eigenvalue weighted by molar-refractivity contribution is -0.144. The molecule has 1 aliphatic rings. The van der Waals surface area contributed by atoms with Crippen LogP contribution in [0, 0.1) is 5.92 Å². The molecule has 3 aromatic rings. The molecule has 35 heavy (non-hydrogen) atoms. The first kappa shape index (κ1) is 27.3. The summed E-state index contributed by atoms with van der Waals surface area (Å²) in [7, 11) is 4.20. The van der Waals surface area contributed by atoms with E-state index in [0.29, 0.717) is 47.8 Å². The van der Waals surface area contributed by atoms with Gasteiger partial charge in [0.25, 0.3) is 0 Å². The minimum absolute atomic E-state index is 0.339. The highest BCUT2D eigenvalue weighted by Crippen LogP contribution is 2.34. The molecule has 2 aromatic heterocycles. The summed E-state index contributed by atoms with van der Waals surface area (Å²) in [5, 5.41) is 7.58. The van der Waals surface area contributed by atoms with Gasteiger partial charge >= 0.3 is 11.8 Å². The Kier molecular flexibility index (Phi) is 10.2. The van der Waals surface area contributed by atoms with Crippen molar-refractivity contribution >= 4 is 62.6 Å². The van der Waals surface area contributed by atoms with E-state index in [1.165, 1.54) is 11.8 Å². The van der Waals surface area contributed by atoms with Gasteiger partial charge in [0, 0.05) is 19.6 Å². The van der Waals surface area contributed by atoms with Crippen LogP contribution in [0.4, 0.5) is 11.5 Å². The summed E-state index contributed by atoms with van der Waals surface area (Å²) in [5.41, 5.74) is 8.41. The van der Waals surface area contributed by atoms with E-state index in [1.807, 2.05) is 0 Å². The van der Waals surface area contributed by atoms with E-state index in [-0.39, 0.29) is 0 Å². The van der Waals surface area contributed by atoms with Crippen molar-refractivity contribution in [3.63, 3.8) is 0 Å². The Bertz CT molecular complexity index is 1140. The zero-order valence-electron chi connectivity index (χ0n) is 20.4. The van der Waals surface area contributed by atoms with Gasteiger partial charge in [-0.25, -0.2) is 9.44 Å². The first-order valence-electron chi connectivity index (χ1n) is 11.6. The number of fused-ring (bicyclic) bond motifs is 1. The quantitative estimate of drug-likeness (QED) is 0.259. The van der Waals surface area contributed by atoms with Crippen LogP contribution in [0.2, 0.25) is 0 Å². The third kappa shape index (κ3) is 7.59. The van der Waals surface area contributed by atoms with Gasteiger partial charge in [0.1, 0.15) is 11.3 Å². The Balaban J connectivity index is 0.000000261. The normalized spacial score (nSPS) is 15.9. The summed E-state index contributed by atoms with van der Waals surface area (Å²) in [6.45, 7) is 4.46. The summed E-state index contributed by atoms with van der Waals surface area (Å²) < 4.78 is 1.73. The average molecular weight is 609 g/mol. The molecule has 2 unspecified atom stereocenters. The fourth-order valence-corrected chi connectivity index (χ4v) is 5.43. The second kappa shape index (κ2) is 13.1. The number of pyridine rings is 1. The number of carbonyl (C=O) groups excluding carboxylic acids is 2. The number of rotatable bonds is 5. The molecule has 0 radical (unpaired) electrons. The number of benzene rings is 1. The molecule has 4 rings (SSSR count). The highest BCUT2D eigenvalue weighted by Gasteiger charge is 2.27. The van der Waals surface area contributed by atoms with Crippen molar-refractivity contribution in [3.05, 3.63) is 48.3 Å². The van der Waals surface area contributed by atoms with Crippen molar-refractivity contribution in [2.75, 3.05) is 44.8 Å². The van der Waals surface area contributed by atoms with E-state index in [1.54, 1.807) is 15.5 Å². The van der Waals surface area contributed by atoms with Crippen molar-refractivity contribution in [2.45, 2.75) is 26.2 Å². The number of nitrogens with one attached hydrogen (secondary N) is 1. The zero-order chi connectivity index (χ0) is 25.4. The molecule has 0 saturated carbocycles. The third-order valence-corrected chi connectivity index (χ3v) is 7.66. The maximum Gasteiger partial charge on any atom is 0.314 e. The topological polar surface area (TPSA) is 109 Å². The van der Waals surface area contributed by atoms with E-state index in [0.717, 1.165) is 25.8 Å². The number of halogens is 1. The van der Waals surface area contributed by atoms with Gasteiger partial charge in [-0.15, -0.1) is 0 Å². The van der Waals surface area contributed by atoms with Gasteiger partial charge < -0.3 is 20.9 Å². The van der Waals surface area contributed by atoms with E-state index < -0.39 is 11.8 Å². The van der Waals surface area contributed by atoms with Gasteiger partial charge in [-0.2, -0.15) is 5.10 Å². The molecule has 1 fully saturated rings. The van der Waals surface area contributed by atoms with E-state index in [2.05, 4.69) is 93.7 Å². The largest absolute Gasteiger partial charge is 0.383 e. The zero-order valence-corrected chi connectivity index (χ0v) is 23.5. The van der Waals surface area contributed by atoms with Crippen molar-refractivity contribution in [3.8, 4) is 0 Å². The molecule has 1 aliphatic heterocycles. The first-order chi connectivity index (χ1) is 16.8. The third-order valence-electron chi connectivity index (χ3n) is 5.79. The van der Waals surface area contributed by atoms with E-state index in [9.17, 15) is 9.59 Å². The molecule has 3 heterocycles. The smallest absolute Gasteiger partial charge is 0.314 e. The number of hydrogen-bond acceptors (Lipinski definition) is 6. The molecule has 188 valence electrons. The molecule has 11 heteroatoms. The molecule has 2 amide bonds. The highest BCUT2D eigenvalue weighted by atomic mass is 127. The highest BCUT2D eigenvalue weighted by molar-refractivity contribution is 14.2. The van der Waals surface area contributed by atoms with Crippen LogP contribution in [0.5, 0.6) is 0 Å². The number of anilines is 2. The van der Waals surface area contributed by atoms with E-state index >= 15 is 0 Å². The predicted octanol–water partition coefficient (Wildman–Crippen LogP) is 3.79. The van der Waals surface area contributed by atoms with Crippen molar-refractivity contribution in [1.29, 1.82) is 0 Å². The fourth-order valence-electron chi connectivity index (χ4n) is 3.91. The molecule has 0 aliphatic carbocycles. The number of amides is 2. The monoisotopic (exact) mass is 609 g/mol. The number of hydrogen-bond donors (Lipinski definition) is 2. The molecular formula is C24H33IN7O2P. The van der Waals surface area contributed by atoms with Gasteiger partial charge in [0.15, 0.2) is 0 Å². The summed E-state index contributed by atoms with van der Waals surface area (Å²) in [5.74, 6) is -0.391. The van der Waals surface area contributed by atoms with Crippen LogP contribution >= 0.6 is 28.4 Å². The average Bonchev–Trinajstić information content (AvgIpc) is 3.30. The van der Waals surface area contributed by atoms with Crippen LogP contribution in [0.3, 0.4) is 0 Å². The van der Waals surface area contributed by atoms with Crippen LogP contribution in [-0.4, -0.2) is 69.9 Å². The molecule has 1 saturated heterocycles. The number of nitrogen functional groups attached to an aromatic ring is 1. The van der Waals surface area contributed by atoms with Crippen LogP contribution in [0.15, 0.2) is 42.7 Å². The van der Waals surface area contributed by atoms with Crippen molar-refractivity contribution in [2.24, 2.45) is 5.92 Å². The number of nitrogens with two attached hydrogens (primary N) is 1. The number of aromatic nitrogens is 3. The SMILES string of the molecule is CC1CCCN(C(=O)C(=O)Nc2cnc(N)c3cnn(PI)c23)C1.CN(C)CCc1ccccc1. The molecule has 2 atom stereocenters. The predicted molar refractivity (Wildman–Crippen MR) is 152 cm³/mol. The van der Waals surface area contributed by atoms with Gasteiger partial charge in [-0.3, -0.25) is 9.59 Å². The molecule has 0 spiro atoms. The first-order valence-corrected chi connectivity index (χ1v) is 15.6. The van der Waals surface area contributed by atoms with Crippen molar-refractivity contribution < 1.29 is 9.59 Å². The lowest BCUT2D eigenvalue weighted by atomic mass is 10.0. The summed E-state index contributed by atoms with van der Waals surface area (Å²) >= 11 is 2.19. The summed E-state index contributed by atoms with van der Waals surface area (Å²) in [4.78, 5) is 32.7. The fraction of sp³-hybridized carbons (Fsp3) is 0.417. The minimum atomic E-state index is -0.651. The Morgan fingerprint density at radius 1 is 1.26 bits per heavy atom. The second-order valence-electron chi connectivity index (χ2n) is 8.95. The minimum Gasteiger partial charge on any atom is -0.383 e. The van der Waals surface area contributed by atoms with Gasteiger partial charge in [0.2, 0.25) is 0 Å². The standard InChI is InChI=1S/C14H18IN6O2P.C10H15N/c1-8-3-2-4-20(7-8)14(23)13(22)19-10-6-17-12(16)9-5-18-21(24-15)11(9)10;1-11(2)9-8-10-6-4-3-5-7-10/h5-6,8,24H,2-4,7H2,1H3,(H2,16,17)(H,19,22);3-7H,8-9H2,1-2H3. The Morgan fingerprint density at radius 2 is 2.00 bits per heavy atom. The Labute approximate surface area is 221 Å². The lowest BCUT2D eigenvalue weighted by Gasteiger charge is -2.30. The molecule has 0 bridgehead atoms. The van der Waals surface area contributed by atoms with E-state index in [4.69, 9.17) is 5.73 Å². The lowest BCUT2D eigenvalue weighted by Crippen LogP contribution is -2.44. The molecular weight excluding hydrogens is 576 g/mol. The van der Waals surface area contributed by atoms with Crippen LogP contribution in [-0.2, 0) is 16.0 Å². The van der Waals surface area contributed by atoms with Gasteiger partial charge in [-0.1, -0.05) is 37.3 Å². The molecule has 1 aromatic carbocycles. The Hall–Kier alpha value is -2.30. The summed E-state index contributed by atoms with van der Waals surface area (Å²) in [6.07, 6.45) is 6.59. The van der Waals surface area contributed by atoms with Crippen LogP contribution in [0.25, 0.3) is 10.9 Å². The van der Waals surface area contributed by atoms with Crippen molar-refractivity contribution in [1.82, 2.24) is 24.3 Å². The number of piperidine rings is 1. The molecule has 9 nitrogen and oxygen atoms in total. The number of nitrogens with zero attached hydrogens (tertiary/aromatic N) is 5. The van der Waals surface area contributed by atoms with Crippen LogP contribution < -0.4 is 11.1 Å². The molecule has 3 N–H and O–H groups in total. The number of likely N-dealkylation sites (tertiary alicyclic amines) is 1. The second-order valence-corrected chi connectivity index (χ2v) is 11.0. The Morgan fingerprint density at radius 3 is 2.66 bits per heavy atom. The number of carbonyl (C=O) groups is 2. The maximum atomic E-state index is 12.4.